The number of aryl methyl sites for hydroxylation is 1. The Labute approximate surface area is 226 Å². The van der Waals surface area contributed by atoms with Crippen molar-refractivity contribution in [1.29, 1.82) is 0 Å². The number of nitrogens with zero attached hydrogens (tertiary/aromatic N) is 6. The molecule has 0 saturated carbocycles. The van der Waals surface area contributed by atoms with Crippen LogP contribution in [0.15, 0.2) is 110 Å². The Hall–Kier alpha value is -4.47. The topological polar surface area (TPSA) is 35.4 Å². The quantitative estimate of drug-likeness (QED) is 0.175. The lowest BCUT2D eigenvalue weighted by Gasteiger charge is -2.03. The third-order valence-corrected chi connectivity index (χ3v) is 5.74. The van der Waals surface area contributed by atoms with Crippen molar-refractivity contribution in [2.45, 2.75) is 0 Å². The lowest BCUT2D eigenvalue weighted by Crippen LogP contribution is -3.00. The van der Waals surface area contributed by atoms with Crippen molar-refractivity contribution in [3.63, 3.8) is 0 Å². The first kappa shape index (κ1) is 24.6. The maximum absolute atomic E-state index is 7.07. The standard InChI is InChI=1S/C15H12N3.C14H9N3.HI/c1-16-12-8-9-14-15(10-12)17(2)11-18(14)13-6-4-3-5-7-13;1-15-11-7-8-14-13(9-11)16-10-17(14)12-5-3-2-4-6-12;/h3-11H,2H3;2-10H;1H/q+1;;/p-1. The highest BCUT2D eigenvalue weighted by Crippen LogP contribution is 2.23. The zero-order valence-corrected chi connectivity index (χ0v) is 21.6. The van der Waals surface area contributed by atoms with Crippen molar-refractivity contribution in [3.05, 3.63) is 133 Å². The van der Waals surface area contributed by atoms with Crippen LogP contribution in [0.3, 0.4) is 0 Å². The Bertz CT molecular complexity index is 1720. The van der Waals surface area contributed by atoms with E-state index in [0.29, 0.717) is 11.4 Å². The Balaban J connectivity index is 0.000000165. The zero-order valence-electron chi connectivity index (χ0n) is 19.5. The van der Waals surface area contributed by atoms with E-state index in [2.05, 4.69) is 31.4 Å². The van der Waals surface area contributed by atoms with Crippen LogP contribution >= 0.6 is 0 Å². The molecule has 2 heterocycles. The summed E-state index contributed by atoms with van der Waals surface area (Å²) in [6.45, 7) is 14.0. The number of imidazole rings is 2. The van der Waals surface area contributed by atoms with Crippen molar-refractivity contribution in [1.82, 2.24) is 14.1 Å². The maximum atomic E-state index is 7.07. The first-order valence-corrected chi connectivity index (χ1v) is 11.0. The normalized spacial score (nSPS) is 10.1. The summed E-state index contributed by atoms with van der Waals surface area (Å²) in [6.07, 6.45) is 3.82. The molecule has 0 fully saturated rings. The fourth-order valence-electron chi connectivity index (χ4n) is 4.02. The molecule has 2 aromatic heterocycles. The first-order valence-electron chi connectivity index (χ1n) is 11.0. The average molecular weight is 580 g/mol. The van der Waals surface area contributed by atoms with Gasteiger partial charge in [-0.05, 0) is 48.5 Å². The van der Waals surface area contributed by atoms with Gasteiger partial charge in [0.1, 0.15) is 12.0 Å². The second-order valence-corrected chi connectivity index (χ2v) is 7.95. The monoisotopic (exact) mass is 580 g/mol. The number of benzene rings is 4. The molecule has 0 aliphatic heterocycles. The third-order valence-electron chi connectivity index (χ3n) is 5.74. The largest absolute Gasteiger partial charge is 1.00 e. The van der Waals surface area contributed by atoms with Crippen molar-refractivity contribution in [3.8, 4) is 11.4 Å². The van der Waals surface area contributed by atoms with E-state index < -0.39 is 0 Å². The molecule has 0 saturated heterocycles. The summed E-state index contributed by atoms with van der Waals surface area (Å²) in [6, 6.07) is 31.6. The molecule has 0 amide bonds. The molecule has 0 atom stereocenters. The van der Waals surface area contributed by atoms with Gasteiger partial charge in [-0.15, -0.1) is 0 Å². The van der Waals surface area contributed by atoms with E-state index in [1.165, 1.54) is 0 Å². The van der Waals surface area contributed by atoms with E-state index in [9.17, 15) is 0 Å². The molecule has 0 N–H and O–H groups in total. The van der Waals surface area contributed by atoms with Gasteiger partial charge in [0, 0.05) is 5.69 Å². The number of fused-ring (bicyclic) bond motifs is 2. The van der Waals surface area contributed by atoms with E-state index in [4.69, 9.17) is 13.1 Å². The number of hydrogen-bond acceptors (Lipinski definition) is 1. The minimum Gasteiger partial charge on any atom is -1.00 e. The van der Waals surface area contributed by atoms with Gasteiger partial charge in [0.05, 0.1) is 31.2 Å². The van der Waals surface area contributed by atoms with Crippen molar-refractivity contribution >= 4 is 33.4 Å². The molecule has 0 spiro atoms. The summed E-state index contributed by atoms with van der Waals surface area (Å²) in [7, 11) is 2.00. The van der Waals surface area contributed by atoms with Crippen LogP contribution in [0.5, 0.6) is 0 Å². The van der Waals surface area contributed by atoms with Crippen LogP contribution in [0.25, 0.3) is 43.1 Å². The highest BCUT2D eigenvalue weighted by atomic mass is 127. The van der Waals surface area contributed by atoms with Gasteiger partial charge in [0.25, 0.3) is 0 Å². The predicted octanol–water partition coefficient (Wildman–Crippen LogP) is 3.59. The summed E-state index contributed by atoms with van der Waals surface area (Å²) in [5, 5.41) is 0. The SMILES string of the molecule is [C-]#[N+]c1ccc2c(c1)[n+](C)cn2-c1ccccc1.[C-]#[N+]c1ccc2c(c1)ncn2-c1ccccc1.[I-]. The molecule has 0 aliphatic rings. The van der Waals surface area contributed by atoms with E-state index >= 15 is 0 Å². The fourth-order valence-corrected chi connectivity index (χ4v) is 4.02. The molecule has 4 aromatic carbocycles. The Morgan fingerprint density at radius 1 is 0.694 bits per heavy atom. The number of rotatable bonds is 2. The van der Waals surface area contributed by atoms with Crippen LogP contribution in [0.2, 0.25) is 0 Å². The summed E-state index contributed by atoms with van der Waals surface area (Å²) in [5.41, 5.74) is 7.53. The second-order valence-electron chi connectivity index (χ2n) is 7.95. The van der Waals surface area contributed by atoms with Gasteiger partial charge in [0.15, 0.2) is 22.4 Å². The highest BCUT2D eigenvalue weighted by molar-refractivity contribution is 5.81. The third kappa shape index (κ3) is 4.83. The summed E-state index contributed by atoms with van der Waals surface area (Å²) in [5.74, 6) is 0. The number of aromatic nitrogens is 4. The van der Waals surface area contributed by atoms with E-state index in [-0.39, 0.29) is 24.0 Å². The number of para-hydroxylation sites is 2. The zero-order chi connectivity index (χ0) is 24.2. The van der Waals surface area contributed by atoms with Gasteiger partial charge in [-0.3, -0.25) is 4.57 Å². The van der Waals surface area contributed by atoms with E-state index in [1.807, 2.05) is 107 Å². The molecule has 174 valence electrons. The highest BCUT2D eigenvalue weighted by Gasteiger charge is 2.15. The van der Waals surface area contributed by atoms with Crippen LogP contribution in [0.4, 0.5) is 11.4 Å². The fraction of sp³-hybridized carbons (Fsp3) is 0.0345. The number of halogens is 1. The minimum atomic E-state index is 0. The van der Waals surface area contributed by atoms with Gasteiger partial charge in [0.2, 0.25) is 6.33 Å². The van der Waals surface area contributed by atoms with Gasteiger partial charge in [-0.1, -0.05) is 48.5 Å². The number of hydrogen-bond donors (Lipinski definition) is 0. The minimum absolute atomic E-state index is 0. The Morgan fingerprint density at radius 2 is 1.25 bits per heavy atom. The van der Waals surface area contributed by atoms with Crippen molar-refractivity contribution in [2.24, 2.45) is 7.05 Å². The van der Waals surface area contributed by atoms with E-state index in [0.717, 1.165) is 33.4 Å². The molecule has 6 nitrogen and oxygen atoms in total. The Kier molecular flexibility index (Phi) is 7.43. The van der Waals surface area contributed by atoms with Crippen LogP contribution in [-0.4, -0.2) is 14.1 Å². The molecule has 7 heteroatoms. The summed E-state index contributed by atoms with van der Waals surface area (Å²) >= 11 is 0. The van der Waals surface area contributed by atoms with Crippen LogP contribution < -0.4 is 28.5 Å². The second kappa shape index (κ2) is 10.9. The van der Waals surface area contributed by atoms with Crippen LogP contribution in [0.1, 0.15) is 0 Å². The van der Waals surface area contributed by atoms with Crippen LogP contribution in [0, 0.1) is 13.1 Å². The van der Waals surface area contributed by atoms with E-state index in [1.54, 1.807) is 6.33 Å². The predicted molar refractivity (Wildman–Crippen MR) is 138 cm³/mol. The van der Waals surface area contributed by atoms with Crippen molar-refractivity contribution in [2.75, 3.05) is 0 Å². The molecule has 0 unspecified atom stereocenters. The molecular formula is C29H21IN6. The lowest BCUT2D eigenvalue weighted by atomic mass is 10.2. The molecular weight excluding hydrogens is 559 g/mol. The van der Waals surface area contributed by atoms with Crippen molar-refractivity contribution < 1.29 is 28.5 Å². The molecule has 36 heavy (non-hydrogen) atoms. The lowest BCUT2D eigenvalue weighted by molar-refractivity contribution is -0.645. The molecule has 0 aliphatic carbocycles. The smallest absolute Gasteiger partial charge is 0.249 e. The van der Waals surface area contributed by atoms with Crippen LogP contribution in [-0.2, 0) is 7.05 Å². The molecule has 0 radical (unpaired) electrons. The van der Waals surface area contributed by atoms with Gasteiger partial charge in [-0.25, -0.2) is 19.2 Å². The van der Waals surface area contributed by atoms with Gasteiger partial charge < -0.3 is 24.0 Å². The maximum Gasteiger partial charge on any atom is 0.249 e. The molecule has 0 bridgehead atoms. The first-order chi connectivity index (χ1) is 17.2. The van der Waals surface area contributed by atoms with Gasteiger partial charge in [-0.2, -0.15) is 4.57 Å². The average Bonchev–Trinajstić information content (AvgIpc) is 3.50. The summed E-state index contributed by atoms with van der Waals surface area (Å²) in [4.78, 5) is 11.2. The molecule has 6 aromatic rings. The summed E-state index contributed by atoms with van der Waals surface area (Å²) < 4.78 is 6.18. The molecule has 6 rings (SSSR count). The van der Waals surface area contributed by atoms with Gasteiger partial charge >= 0.3 is 0 Å². The Morgan fingerprint density at radius 3 is 1.86 bits per heavy atom.